The molecule has 0 aromatic heterocycles. The Bertz CT molecular complexity index is 847. The number of rotatable bonds is 3. The van der Waals surface area contributed by atoms with Gasteiger partial charge in [-0.25, -0.2) is 8.42 Å². The minimum atomic E-state index is -3.91. The molecule has 2 aromatic rings. The SMILES string of the molecule is N#Cc1ccc(Cl)c(NS(=O)(=O)c2cc(Br)ccc2N)c1. The fraction of sp³-hybridized carbons (Fsp3) is 0. The Balaban J connectivity index is 2.47. The summed E-state index contributed by atoms with van der Waals surface area (Å²) in [5.74, 6) is 0. The van der Waals surface area contributed by atoms with Crippen molar-refractivity contribution in [3.8, 4) is 6.07 Å². The van der Waals surface area contributed by atoms with E-state index in [9.17, 15) is 8.42 Å². The monoisotopic (exact) mass is 385 g/mol. The van der Waals surface area contributed by atoms with E-state index in [1.807, 2.05) is 6.07 Å². The molecule has 0 radical (unpaired) electrons. The van der Waals surface area contributed by atoms with Gasteiger partial charge in [-0.1, -0.05) is 27.5 Å². The lowest BCUT2D eigenvalue weighted by Gasteiger charge is -2.12. The Hall–Kier alpha value is -1.75. The van der Waals surface area contributed by atoms with Gasteiger partial charge in [0.2, 0.25) is 0 Å². The van der Waals surface area contributed by atoms with Gasteiger partial charge in [-0.3, -0.25) is 4.72 Å². The number of nitriles is 1. The third-order valence-corrected chi connectivity index (χ3v) is 4.85. The largest absolute Gasteiger partial charge is 0.398 e. The Morgan fingerprint density at radius 1 is 1.24 bits per heavy atom. The summed E-state index contributed by atoms with van der Waals surface area (Å²) in [5.41, 5.74) is 6.22. The van der Waals surface area contributed by atoms with E-state index in [0.717, 1.165) is 0 Å². The number of nitrogens with zero attached hydrogens (tertiary/aromatic N) is 1. The first-order valence-corrected chi connectivity index (χ1v) is 8.26. The molecular weight excluding hydrogens is 378 g/mol. The van der Waals surface area contributed by atoms with Gasteiger partial charge < -0.3 is 5.73 Å². The van der Waals surface area contributed by atoms with Crippen LogP contribution in [0.15, 0.2) is 45.8 Å². The number of nitrogen functional groups attached to an aromatic ring is 1. The quantitative estimate of drug-likeness (QED) is 0.791. The molecule has 0 aliphatic rings. The number of benzene rings is 2. The standard InChI is InChI=1S/C13H9BrClN3O2S/c14-9-2-4-11(17)13(6-9)21(19,20)18-12-5-8(7-16)1-3-10(12)15/h1-6,18H,17H2. The van der Waals surface area contributed by atoms with Crippen LogP contribution in [0.2, 0.25) is 5.02 Å². The second-order valence-electron chi connectivity index (χ2n) is 4.09. The Labute approximate surface area is 135 Å². The van der Waals surface area contributed by atoms with Gasteiger partial charge in [-0.2, -0.15) is 5.26 Å². The molecule has 108 valence electrons. The van der Waals surface area contributed by atoms with E-state index >= 15 is 0 Å². The van der Waals surface area contributed by atoms with Gasteiger partial charge in [-0.05, 0) is 36.4 Å². The van der Waals surface area contributed by atoms with Crippen molar-refractivity contribution in [1.82, 2.24) is 0 Å². The molecule has 3 N–H and O–H groups in total. The minimum Gasteiger partial charge on any atom is -0.398 e. The van der Waals surface area contributed by atoms with Crippen LogP contribution in [0.5, 0.6) is 0 Å². The van der Waals surface area contributed by atoms with E-state index in [4.69, 9.17) is 22.6 Å². The van der Waals surface area contributed by atoms with Crippen LogP contribution < -0.4 is 10.5 Å². The summed E-state index contributed by atoms with van der Waals surface area (Å²) < 4.78 is 27.7. The second-order valence-corrected chi connectivity index (χ2v) is 7.07. The molecule has 0 heterocycles. The summed E-state index contributed by atoms with van der Waals surface area (Å²) in [5, 5.41) is 9.04. The van der Waals surface area contributed by atoms with Crippen LogP contribution in [0.4, 0.5) is 11.4 Å². The van der Waals surface area contributed by atoms with Crippen LogP contribution in [0.1, 0.15) is 5.56 Å². The second kappa shape index (κ2) is 5.93. The van der Waals surface area contributed by atoms with Crippen LogP contribution in [0, 0.1) is 11.3 Å². The maximum absolute atomic E-state index is 12.4. The number of halogens is 2. The molecule has 0 bridgehead atoms. The molecular formula is C13H9BrClN3O2S. The average Bonchev–Trinajstić information content (AvgIpc) is 2.43. The first kappa shape index (κ1) is 15.6. The first-order chi connectivity index (χ1) is 9.83. The lowest BCUT2D eigenvalue weighted by molar-refractivity contribution is 0.601. The minimum absolute atomic E-state index is 0.0738. The highest BCUT2D eigenvalue weighted by Crippen LogP contribution is 2.28. The average molecular weight is 387 g/mol. The van der Waals surface area contributed by atoms with Gasteiger partial charge in [0.25, 0.3) is 10.0 Å². The lowest BCUT2D eigenvalue weighted by atomic mass is 10.2. The molecule has 0 unspecified atom stereocenters. The molecule has 0 amide bonds. The maximum atomic E-state index is 12.4. The van der Waals surface area contributed by atoms with Crippen molar-refractivity contribution in [2.45, 2.75) is 4.90 Å². The van der Waals surface area contributed by atoms with Gasteiger partial charge in [0.15, 0.2) is 0 Å². The molecule has 21 heavy (non-hydrogen) atoms. The summed E-state index contributed by atoms with van der Waals surface area (Å²) in [6.45, 7) is 0. The number of nitrogens with one attached hydrogen (secondary N) is 1. The smallest absolute Gasteiger partial charge is 0.264 e. The summed E-state index contributed by atoms with van der Waals surface area (Å²) >= 11 is 9.14. The van der Waals surface area contributed by atoms with Crippen molar-refractivity contribution < 1.29 is 8.42 Å². The number of hydrogen-bond acceptors (Lipinski definition) is 4. The molecule has 0 saturated heterocycles. The normalized spacial score (nSPS) is 10.9. The molecule has 0 atom stereocenters. The van der Waals surface area contributed by atoms with Crippen LogP contribution in [-0.4, -0.2) is 8.42 Å². The molecule has 8 heteroatoms. The van der Waals surface area contributed by atoms with Crippen LogP contribution in [0.25, 0.3) is 0 Å². The molecule has 0 spiro atoms. The van der Waals surface area contributed by atoms with E-state index in [0.29, 0.717) is 10.0 Å². The highest BCUT2D eigenvalue weighted by atomic mass is 79.9. The van der Waals surface area contributed by atoms with Crippen molar-refractivity contribution in [2.24, 2.45) is 0 Å². The van der Waals surface area contributed by atoms with E-state index in [1.54, 1.807) is 6.07 Å². The summed E-state index contributed by atoms with van der Waals surface area (Å²) in [7, 11) is -3.91. The van der Waals surface area contributed by atoms with Gasteiger partial charge >= 0.3 is 0 Å². The van der Waals surface area contributed by atoms with E-state index in [-0.39, 0.29) is 21.3 Å². The Morgan fingerprint density at radius 2 is 1.95 bits per heavy atom. The van der Waals surface area contributed by atoms with E-state index in [1.165, 1.54) is 30.3 Å². The van der Waals surface area contributed by atoms with E-state index in [2.05, 4.69) is 20.7 Å². The fourth-order valence-electron chi connectivity index (χ4n) is 1.61. The predicted molar refractivity (Wildman–Crippen MR) is 85.5 cm³/mol. The predicted octanol–water partition coefficient (Wildman–Crippen LogP) is 3.36. The number of sulfonamides is 1. The molecule has 0 fully saturated rings. The summed E-state index contributed by atoms with van der Waals surface area (Å²) in [4.78, 5) is -0.0738. The Kier molecular flexibility index (Phi) is 4.42. The molecule has 0 aliphatic heterocycles. The maximum Gasteiger partial charge on any atom is 0.264 e. The van der Waals surface area contributed by atoms with Crippen molar-refractivity contribution in [3.63, 3.8) is 0 Å². The van der Waals surface area contributed by atoms with Crippen LogP contribution in [0.3, 0.4) is 0 Å². The van der Waals surface area contributed by atoms with Crippen molar-refractivity contribution >= 4 is 48.9 Å². The van der Waals surface area contributed by atoms with Crippen molar-refractivity contribution in [3.05, 3.63) is 51.5 Å². The van der Waals surface area contributed by atoms with Crippen molar-refractivity contribution in [1.29, 1.82) is 5.26 Å². The number of anilines is 2. The van der Waals surface area contributed by atoms with Gasteiger partial charge in [0.1, 0.15) is 4.90 Å². The summed E-state index contributed by atoms with van der Waals surface area (Å²) in [6.07, 6.45) is 0. The van der Waals surface area contributed by atoms with E-state index < -0.39 is 10.0 Å². The van der Waals surface area contributed by atoms with Crippen molar-refractivity contribution in [2.75, 3.05) is 10.5 Å². The van der Waals surface area contributed by atoms with Gasteiger partial charge in [0.05, 0.1) is 28.0 Å². The number of nitrogens with two attached hydrogens (primary N) is 1. The van der Waals surface area contributed by atoms with Gasteiger partial charge in [-0.15, -0.1) is 0 Å². The molecule has 0 aliphatic carbocycles. The zero-order chi connectivity index (χ0) is 15.6. The Morgan fingerprint density at radius 3 is 2.62 bits per heavy atom. The third-order valence-electron chi connectivity index (χ3n) is 2.60. The molecule has 2 aromatic carbocycles. The molecule has 0 saturated carbocycles. The molecule has 2 rings (SSSR count). The first-order valence-electron chi connectivity index (χ1n) is 5.61. The number of hydrogen-bond donors (Lipinski definition) is 2. The lowest BCUT2D eigenvalue weighted by Crippen LogP contribution is -2.15. The fourth-order valence-corrected chi connectivity index (χ4v) is 3.58. The highest BCUT2D eigenvalue weighted by molar-refractivity contribution is 9.10. The zero-order valence-electron chi connectivity index (χ0n) is 10.5. The van der Waals surface area contributed by atoms with Gasteiger partial charge in [0, 0.05) is 4.47 Å². The highest BCUT2D eigenvalue weighted by Gasteiger charge is 2.19. The van der Waals surface area contributed by atoms with Crippen LogP contribution in [-0.2, 0) is 10.0 Å². The molecule has 5 nitrogen and oxygen atoms in total. The zero-order valence-corrected chi connectivity index (χ0v) is 13.6. The topological polar surface area (TPSA) is 96.0 Å². The third kappa shape index (κ3) is 3.47. The van der Waals surface area contributed by atoms with Crippen LogP contribution >= 0.6 is 27.5 Å². The summed E-state index contributed by atoms with van der Waals surface area (Å²) in [6, 6.07) is 10.7.